The van der Waals surface area contributed by atoms with Gasteiger partial charge in [0.05, 0.1) is 22.6 Å². The Morgan fingerprint density at radius 3 is 2.55 bits per heavy atom. The zero-order chi connectivity index (χ0) is 31.9. The van der Waals surface area contributed by atoms with Crippen LogP contribution in [0.5, 0.6) is 11.5 Å². The Morgan fingerprint density at radius 2 is 1.86 bits per heavy atom. The van der Waals surface area contributed by atoms with Gasteiger partial charge in [0.25, 0.3) is 11.2 Å². The molecule has 10 heteroatoms. The number of rotatable bonds is 6. The first kappa shape index (κ1) is 30.9. The molecule has 4 aromatic rings. The molecule has 0 amide bonds. The molecular weight excluding hydrogens is 580 g/mol. The number of ketones is 1. The summed E-state index contributed by atoms with van der Waals surface area (Å²) in [7, 11) is 0. The van der Waals surface area contributed by atoms with Gasteiger partial charge in [0.15, 0.2) is 12.6 Å². The molecule has 1 aliphatic rings. The first-order valence-corrected chi connectivity index (χ1v) is 15.0. The molecular formula is C34H34N2O7S. The van der Waals surface area contributed by atoms with Crippen molar-refractivity contribution in [1.29, 1.82) is 0 Å². The lowest BCUT2D eigenvalue weighted by Crippen LogP contribution is -2.32. The molecule has 1 N–H and O–H groups in total. The summed E-state index contributed by atoms with van der Waals surface area (Å²) in [5, 5.41) is 22.8. The lowest BCUT2D eigenvalue weighted by Gasteiger charge is -2.24. The molecule has 44 heavy (non-hydrogen) atoms. The van der Waals surface area contributed by atoms with Crippen molar-refractivity contribution >= 4 is 35.0 Å². The molecule has 0 aliphatic carbocycles. The van der Waals surface area contributed by atoms with Crippen LogP contribution >= 0.6 is 11.3 Å². The number of aromatic nitrogens is 1. The smallest absolute Gasteiger partial charge is 0.270 e. The van der Waals surface area contributed by atoms with Crippen LogP contribution in [0.3, 0.4) is 0 Å². The fourth-order valence-corrected chi connectivity index (χ4v) is 6.44. The third kappa shape index (κ3) is 5.95. The van der Waals surface area contributed by atoms with Crippen molar-refractivity contribution in [2.45, 2.75) is 60.1 Å². The summed E-state index contributed by atoms with van der Waals surface area (Å²) in [5.41, 5.74) is 4.55. The van der Waals surface area contributed by atoms with E-state index in [4.69, 9.17) is 9.47 Å². The number of carbonyl (C=O) groups is 1. The van der Waals surface area contributed by atoms with E-state index in [0.717, 1.165) is 33.6 Å². The molecule has 1 aliphatic heterocycles. The van der Waals surface area contributed by atoms with Crippen molar-refractivity contribution in [3.63, 3.8) is 0 Å². The van der Waals surface area contributed by atoms with Crippen LogP contribution in [-0.2, 0) is 23.3 Å². The molecule has 0 unspecified atom stereocenters. The zero-order valence-corrected chi connectivity index (χ0v) is 26.3. The summed E-state index contributed by atoms with van der Waals surface area (Å²) in [6.45, 7) is 11.9. The van der Waals surface area contributed by atoms with Gasteiger partial charge >= 0.3 is 0 Å². The van der Waals surface area contributed by atoms with Gasteiger partial charge in [0.2, 0.25) is 0 Å². The van der Waals surface area contributed by atoms with E-state index in [1.54, 1.807) is 18.2 Å². The van der Waals surface area contributed by atoms with E-state index < -0.39 is 4.92 Å². The second-order valence-corrected chi connectivity index (χ2v) is 13.1. The van der Waals surface area contributed by atoms with Crippen LogP contribution in [0, 0.1) is 30.9 Å². The average molecular weight is 615 g/mol. The lowest BCUT2D eigenvalue weighted by molar-refractivity contribution is -0.385. The minimum absolute atomic E-state index is 0.0170. The second kappa shape index (κ2) is 11.9. The fourth-order valence-electron chi connectivity index (χ4n) is 5.40. The lowest BCUT2D eigenvalue weighted by atomic mass is 9.82. The molecule has 2 heterocycles. The van der Waals surface area contributed by atoms with Crippen LogP contribution in [0.4, 0.5) is 5.69 Å². The standard InChI is InChI=1S/C34H34N2O7S/c1-19-9-7-8-10-25(19)28(37)15-30-35(16-26-20(2)11-27(34(4,5)6)31(38)21(26)3)33(39)29(44-30)14-22-12-24(36(40)41)13-23-17-42-18-43-32(22)23/h7-15,38H,16-18H2,1-6H3/b29-14-,30-15+. The quantitative estimate of drug-likeness (QED) is 0.181. The van der Waals surface area contributed by atoms with Crippen molar-refractivity contribution < 1.29 is 24.3 Å². The molecule has 0 atom stereocenters. The Morgan fingerprint density at radius 1 is 1.14 bits per heavy atom. The van der Waals surface area contributed by atoms with E-state index in [0.29, 0.717) is 32.7 Å². The van der Waals surface area contributed by atoms with Gasteiger partial charge in [-0.3, -0.25) is 24.3 Å². The fraction of sp³-hybridized carbons (Fsp3) is 0.294. The van der Waals surface area contributed by atoms with Crippen molar-refractivity contribution in [2.75, 3.05) is 6.79 Å². The summed E-state index contributed by atoms with van der Waals surface area (Å²) < 4.78 is 13.2. The number of ether oxygens (including phenoxy) is 2. The molecule has 0 fully saturated rings. The van der Waals surface area contributed by atoms with Crippen LogP contribution in [0.2, 0.25) is 0 Å². The number of hydrogen-bond donors (Lipinski definition) is 1. The Hall–Kier alpha value is -4.54. The van der Waals surface area contributed by atoms with Crippen LogP contribution in [-0.4, -0.2) is 27.2 Å². The number of Topliss-reactive ketones (excluding diaryl/α,β-unsaturated/α-hetero) is 1. The van der Waals surface area contributed by atoms with Crippen LogP contribution in [0.25, 0.3) is 12.2 Å². The Kier molecular flexibility index (Phi) is 8.33. The molecule has 3 aromatic carbocycles. The van der Waals surface area contributed by atoms with Gasteiger partial charge in [-0.15, -0.1) is 11.3 Å². The molecule has 0 saturated carbocycles. The predicted molar refractivity (Wildman–Crippen MR) is 170 cm³/mol. The van der Waals surface area contributed by atoms with Crippen molar-refractivity contribution in [1.82, 2.24) is 4.57 Å². The highest BCUT2D eigenvalue weighted by molar-refractivity contribution is 7.07. The van der Waals surface area contributed by atoms with Gasteiger partial charge in [0, 0.05) is 34.9 Å². The molecule has 0 radical (unpaired) electrons. The Bertz CT molecular complexity index is 2000. The number of benzene rings is 3. The maximum Gasteiger partial charge on any atom is 0.270 e. The maximum absolute atomic E-state index is 14.1. The number of nitro benzene ring substituents is 1. The predicted octanol–water partition coefficient (Wildman–Crippen LogP) is 5.15. The highest BCUT2D eigenvalue weighted by Crippen LogP contribution is 2.37. The van der Waals surface area contributed by atoms with Gasteiger partial charge in [-0.05, 0) is 60.1 Å². The van der Waals surface area contributed by atoms with Crippen molar-refractivity contribution in [3.05, 3.63) is 117 Å². The van der Waals surface area contributed by atoms with E-state index in [2.05, 4.69) is 0 Å². The van der Waals surface area contributed by atoms with Gasteiger partial charge in [-0.25, -0.2) is 0 Å². The van der Waals surface area contributed by atoms with Crippen LogP contribution in [0.15, 0.2) is 47.3 Å². The summed E-state index contributed by atoms with van der Waals surface area (Å²) in [6, 6.07) is 11.9. The maximum atomic E-state index is 14.1. The van der Waals surface area contributed by atoms with Crippen molar-refractivity contribution in [3.8, 4) is 11.5 Å². The summed E-state index contributed by atoms with van der Waals surface area (Å²) in [5.74, 6) is 0.339. The first-order valence-electron chi connectivity index (χ1n) is 14.1. The molecule has 228 valence electrons. The summed E-state index contributed by atoms with van der Waals surface area (Å²) in [4.78, 5) is 38.7. The monoisotopic (exact) mass is 614 g/mol. The topological polar surface area (TPSA) is 121 Å². The number of phenols is 1. The van der Waals surface area contributed by atoms with E-state index in [1.165, 1.54) is 22.8 Å². The van der Waals surface area contributed by atoms with Gasteiger partial charge in [0.1, 0.15) is 16.2 Å². The molecule has 0 bridgehead atoms. The second-order valence-electron chi connectivity index (χ2n) is 12.0. The largest absolute Gasteiger partial charge is 0.507 e. The van der Waals surface area contributed by atoms with Gasteiger partial charge in [-0.1, -0.05) is 51.1 Å². The highest BCUT2D eigenvalue weighted by Gasteiger charge is 2.24. The number of thiazole rings is 1. The van der Waals surface area contributed by atoms with E-state index in [9.17, 15) is 24.8 Å². The normalized spacial score (nSPS) is 14.0. The third-order valence-electron chi connectivity index (χ3n) is 7.85. The van der Waals surface area contributed by atoms with Crippen LogP contribution in [0.1, 0.15) is 70.1 Å². The summed E-state index contributed by atoms with van der Waals surface area (Å²) >= 11 is 1.12. The number of aromatic hydroxyl groups is 1. The number of nitro groups is 1. The van der Waals surface area contributed by atoms with E-state index in [1.807, 2.05) is 59.7 Å². The summed E-state index contributed by atoms with van der Waals surface area (Å²) in [6.07, 6.45) is 3.02. The molecule has 0 spiro atoms. The van der Waals surface area contributed by atoms with E-state index >= 15 is 0 Å². The van der Waals surface area contributed by atoms with Crippen LogP contribution < -0.4 is 19.5 Å². The van der Waals surface area contributed by atoms with Gasteiger partial charge < -0.3 is 14.6 Å². The SMILES string of the molecule is Cc1ccccc1C(=O)/C=c1/s/c(=C\c2cc([N+](=O)[O-])cc3c2OCOC3)c(=O)n1Cc1c(C)cc(C(C)(C)C)c(O)c1C. The number of nitrogens with zero attached hydrogens (tertiary/aromatic N) is 2. The molecule has 0 saturated heterocycles. The zero-order valence-electron chi connectivity index (χ0n) is 25.5. The first-order chi connectivity index (χ1) is 20.8. The highest BCUT2D eigenvalue weighted by atomic mass is 32.1. The number of carbonyl (C=O) groups excluding carboxylic acids is 1. The number of non-ortho nitro benzene ring substituents is 1. The molecule has 5 rings (SSSR count). The number of aryl methyl sites for hydroxylation is 2. The third-order valence-corrected chi connectivity index (χ3v) is 8.91. The number of hydrogen-bond acceptors (Lipinski definition) is 8. The van der Waals surface area contributed by atoms with Crippen molar-refractivity contribution in [2.24, 2.45) is 0 Å². The minimum Gasteiger partial charge on any atom is -0.507 e. The minimum atomic E-state index is -0.502. The molecule has 9 nitrogen and oxygen atoms in total. The van der Waals surface area contributed by atoms with E-state index in [-0.39, 0.29) is 52.7 Å². The number of phenolic OH excluding ortho intramolecular Hbond substituents is 1. The average Bonchev–Trinajstić information content (AvgIpc) is 3.25. The number of fused-ring (bicyclic) bond motifs is 1. The Labute approximate surface area is 258 Å². The molecule has 1 aromatic heterocycles. The van der Waals surface area contributed by atoms with Gasteiger partial charge in [-0.2, -0.15) is 0 Å². The Balaban J connectivity index is 1.74.